The maximum atomic E-state index is 3.88. The number of hydrogen-bond donors (Lipinski definition) is 1. The second-order valence-electron chi connectivity index (χ2n) is 2.31. The monoisotopic (exact) mass is 148 g/mol. The molecule has 1 N–H and O–H groups in total. The number of nitrogens with zero attached hydrogens (tertiary/aromatic N) is 1. The Labute approximate surface area is 66.6 Å². The molecule has 0 fully saturated rings. The van der Waals surface area contributed by atoms with Crippen LogP contribution in [-0.4, -0.2) is 10.2 Å². The van der Waals surface area contributed by atoms with E-state index in [9.17, 15) is 0 Å². The minimum atomic E-state index is 0.976. The van der Waals surface area contributed by atoms with Crippen LogP contribution in [0.5, 0.6) is 0 Å². The molecule has 1 aromatic heterocycles. The van der Waals surface area contributed by atoms with Crippen LogP contribution >= 0.6 is 0 Å². The van der Waals surface area contributed by atoms with Gasteiger partial charge < -0.3 is 0 Å². The van der Waals surface area contributed by atoms with Gasteiger partial charge in [0.1, 0.15) is 0 Å². The zero-order valence-corrected chi connectivity index (χ0v) is 6.67. The second kappa shape index (κ2) is 3.76. The summed E-state index contributed by atoms with van der Waals surface area (Å²) in [5.41, 5.74) is 1.96. The maximum absolute atomic E-state index is 3.88. The number of H-pyrrole nitrogens is 1. The molecule has 0 aliphatic carbocycles. The molecule has 0 atom stereocenters. The van der Waals surface area contributed by atoms with Crippen molar-refractivity contribution in [1.82, 2.24) is 10.2 Å². The van der Waals surface area contributed by atoms with Crippen molar-refractivity contribution in [2.45, 2.75) is 13.3 Å². The van der Waals surface area contributed by atoms with Gasteiger partial charge in [-0.2, -0.15) is 5.10 Å². The first-order valence-corrected chi connectivity index (χ1v) is 3.69. The van der Waals surface area contributed by atoms with Crippen LogP contribution in [-0.2, 0) is 0 Å². The van der Waals surface area contributed by atoms with Crippen LogP contribution in [0.4, 0.5) is 0 Å². The van der Waals surface area contributed by atoms with E-state index in [0.717, 1.165) is 17.7 Å². The summed E-state index contributed by atoms with van der Waals surface area (Å²) in [5.74, 6) is 0. The first-order chi connectivity index (χ1) is 5.34. The standard InChI is InChI=1S/C9H12N2/c1-3-4-5-8(2)9-6-7-10-11-9/h4-7H,2-3H2,1H3,(H,10,11)/b5-4-. The zero-order chi connectivity index (χ0) is 8.10. The summed E-state index contributed by atoms with van der Waals surface area (Å²) >= 11 is 0. The summed E-state index contributed by atoms with van der Waals surface area (Å²) in [5, 5.41) is 6.68. The highest BCUT2D eigenvalue weighted by Gasteiger charge is 1.92. The number of hydrogen-bond acceptors (Lipinski definition) is 1. The van der Waals surface area contributed by atoms with Crippen molar-refractivity contribution in [3.63, 3.8) is 0 Å². The van der Waals surface area contributed by atoms with Gasteiger partial charge in [0.25, 0.3) is 0 Å². The molecule has 1 heterocycles. The molecule has 0 amide bonds. The molecule has 58 valence electrons. The maximum Gasteiger partial charge on any atom is 0.0644 e. The van der Waals surface area contributed by atoms with Gasteiger partial charge in [-0.1, -0.05) is 25.7 Å². The summed E-state index contributed by atoms with van der Waals surface area (Å²) < 4.78 is 0. The lowest BCUT2D eigenvalue weighted by molar-refractivity contribution is 1.08. The Balaban J connectivity index is 2.64. The fraction of sp³-hybridized carbons (Fsp3) is 0.222. The van der Waals surface area contributed by atoms with Gasteiger partial charge in [-0.25, -0.2) is 0 Å². The predicted molar refractivity (Wildman–Crippen MR) is 47.1 cm³/mol. The van der Waals surface area contributed by atoms with Crippen molar-refractivity contribution >= 4 is 5.57 Å². The topological polar surface area (TPSA) is 28.7 Å². The van der Waals surface area contributed by atoms with Crippen molar-refractivity contribution in [1.29, 1.82) is 0 Å². The number of aromatic amines is 1. The summed E-state index contributed by atoms with van der Waals surface area (Å²) in [4.78, 5) is 0. The van der Waals surface area contributed by atoms with E-state index in [-0.39, 0.29) is 0 Å². The molecule has 2 nitrogen and oxygen atoms in total. The normalized spacial score (nSPS) is 10.6. The molecule has 0 radical (unpaired) electrons. The molecular formula is C9H12N2. The third kappa shape index (κ3) is 2.08. The van der Waals surface area contributed by atoms with E-state index in [1.807, 2.05) is 12.1 Å². The lowest BCUT2D eigenvalue weighted by Gasteiger charge is -1.91. The number of rotatable bonds is 3. The lowest BCUT2D eigenvalue weighted by atomic mass is 10.2. The summed E-state index contributed by atoms with van der Waals surface area (Å²) in [6, 6.07) is 1.91. The van der Waals surface area contributed by atoms with Crippen molar-refractivity contribution in [2.75, 3.05) is 0 Å². The lowest BCUT2D eigenvalue weighted by Crippen LogP contribution is -1.77. The van der Waals surface area contributed by atoms with Gasteiger partial charge in [0.15, 0.2) is 0 Å². The molecule has 11 heavy (non-hydrogen) atoms. The van der Waals surface area contributed by atoms with Crippen LogP contribution in [0, 0.1) is 0 Å². The van der Waals surface area contributed by atoms with Gasteiger partial charge in [0.05, 0.1) is 5.69 Å². The van der Waals surface area contributed by atoms with Gasteiger partial charge >= 0.3 is 0 Å². The molecule has 0 unspecified atom stereocenters. The Morgan fingerprint density at radius 2 is 2.64 bits per heavy atom. The molecule has 1 rings (SSSR count). The summed E-state index contributed by atoms with van der Waals surface area (Å²) in [6.07, 6.45) is 6.82. The van der Waals surface area contributed by atoms with Crippen LogP contribution in [0.1, 0.15) is 19.0 Å². The Kier molecular flexibility index (Phi) is 2.66. The molecule has 0 bridgehead atoms. The Morgan fingerprint density at radius 1 is 1.82 bits per heavy atom. The molecule has 0 saturated heterocycles. The van der Waals surface area contributed by atoms with Crippen LogP contribution in [0.25, 0.3) is 5.57 Å². The first-order valence-electron chi connectivity index (χ1n) is 3.69. The second-order valence-corrected chi connectivity index (χ2v) is 2.31. The number of aromatic nitrogens is 2. The van der Waals surface area contributed by atoms with Crippen molar-refractivity contribution < 1.29 is 0 Å². The fourth-order valence-electron chi connectivity index (χ4n) is 0.785. The average Bonchev–Trinajstić information content (AvgIpc) is 2.52. The van der Waals surface area contributed by atoms with Gasteiger partial charge in [-0.05, 0) is 18.1 Å². The molecule has 0 aromatic carbocycles. The minimum Gasteiger partial charge on any atom is -0.278 e. The highest BCUT2D eigenvalue weighted by molar-refractivity contribution is 5.68. The molecule has 0 aliphatic rings. The largest absolute Gasteiger partial charge is 0.278 e. The highest BCUT2D eigenvalue weighted by Crippen LogP contribution is 2.08. The van der Waals surface area contributed by atoms with Crippen molar-refractivity contribution in [2.24, 2.45) is 0 Å². The fourth-order valence-corrected chi connectivity index (χ4v) is 0.785. The number of allylic oxidation sites excluding steroid dienone is 3. The van der Waals surface area contributed by atoms with E-state index in [0.29, 0.717) is 0 Å². The van der Waals surface area contributed by atoms with Crippen molar-refractivity contribution in [3.05, 3.63) is 36.7 Å². The summed E-state index contributed by atoms with van der Waals surface area (Å²) in [7, 11) is 0. The third-order valence-corrected chi connectivity index (χ3v) is 1.40. The Hall–Kier alpha value is -1.31. The highest BCUT2D eigenvalue weighted by atomic mass is 15.1. The van der Waals surface area contributed by atoms with Crippen LogP contribution in [0.15, 0.2) is 31.0 Å². The molecule has 2 heteroatoms. The van der Waals surface area contributed by atoms with E-state index in [2.05, 4.69) is 29.8 Å². The first kappa shape index (κ1) is 7.79. The molecule has 0 aliphatic heterocycles. The van der Waals surface area contributed by atoms with Gasteiger partial charge in [-0.3, -0.25) is 5.10 Å². The van der Waals surface area contributed by atoms with E-state index >= 15 is 0 Å². The molecular weight excluding hydrogens is 136 g/mol. The molecule has 0 saturated carbocycles. The third-order valence-electron chi connectivity index (χ3n) is 1.40. The zero-order valence-electron chi connectivity index (χ0n) is 6.67. The summed E-state index contributed by atoms with van der Waals surface area (Å²) in [6.45, 7) is 5.97. The van der Waals surface area contributed by atoms with Gasteiger partial charge in [0.2, 0.25) is 0 Å². The number of nitrogens with one attached hydrogen (secondary N) is 1. The van der Waals surface area contributed by atoms with E-state index in [1.165, 1.54) is 0 Å². The molecule has 1 aromatic rings. The van der Waals surface area contributed by atoms with E-state index in [1.54, 1.807) is 6.20 Å². The molecule has 0 spiro atoms. The van der Waals surface area contributed by atoms with Gasteiger partial charge in [-0.15, -0.1) is 0 Å². The average molecular weight is 148 g/mol. The van der Waals surface area contributed by atoms with Gasteiger partial charge in [0, 0.05) is 6.20 Å². The predicted octanol–water partition coefficient (Wildman–Crippen LogP) is 2.39. The van der Waals surface area contributed by atoms with Crippen molar-refractivity contribution in [3.8, 4) is 0 Å². The van der Waals surface area contributed by atoms with E-state index in [4.69, 9.17) is 0 Å². The Morgan fingerprint density at radius 3 is 3.18 bits per heavy atom. The smallest absolute Gasteiger partial charge is 0.0644 e. The Bertz CT molecular complexity index is 245. The quantitative estimate of drug-likeness (QED) is 0.655. The van der Waals surface area contributed by atoms with Crippen LogP contribution < -0.4 is 0 Å². The SMILES string of the molecule is C=C(/C=C\CC)c1ccn[nH]1. The van der Waals surface area contributed by atoms with Crippen LogP contribution in [0.2, 0.25) is 0 Å². The van der Waals surface area contributed by atoms with E-state index < -0.39 is 0 Å². The van der Waals surface area contributed by atoms with Crippen LogP contribution in [0.3, 0.4) is 0 Å². The minimum absolute atomic E-state index is 0.976.